The third-order valence-corrected chi connectivity index (χ3v) is 11.3. The lowest BCUT2D eigenvalue weighted by molar-refractivity contribution is -0.128. The van der Waals surface area contributed by atoms with Crippen molar-refractivity contribution in [2.24, 2.45) is 21.9 Å². The van der Waals surface area contributed by atoms with Crippen LogP contribution in [0, 0.1) is 16.7 Å². The number of oxime groups is 1. The Morgan fingerprint density at radius 2 is 2.03 bits per heavy atom. The number of alkyl carbamates (subject to hydrolysis) is 1. The quantitative estimate of drug-likeness (QED) is 0.534. The highest BCUT2D eigenvalue weighted by atomic mass is 32.2. The van der Waals surface area contributed by atoms with E-state index in [1.165, 1.54) is 4.31 Å². The monoisotopic (exact) mass is 501 g/mol. The first-order valence-electron chi connectivity index (χ1n) is 11.8. The van der Waals surface area contributed by atoms with Gasteiger partial charge in [0.2, 0.25) is 15.9 Å². The molecule has 1 spiro atoms. The Balaban J connectivity index is 1.29. The number of hydrogen-bond donors (Lipinski definition) is 1. The first kappa shape index (κ1) is 24.8. The normalized spacial score (nSPS) is 30.3. The number of fused-ring (bicyclic) bond motifs is 2. The van der Waals surface area contributed by atoms with Crippen molar-refractivity contribution in [3.05, 3.63) is 0 Å². The summed E-state index contributed by atoms with van der Waals surface area (Å²) in [6.45, 7) is 7.30. The minimum Gasteiger partial charge on any atom is -0.392 e. The number of ketones is 1. The summed E-state index contributed by atoms with van der Waals surface area (Å²) < 4.78 is 33.5. The fraction of sp³-hybridized carbons (Fsp3) is 0.864. The summed E-state index contributed by atoms with van der Waals surface area (Å²) in [7, 11) is -3.59. The summed E-state index contributed by atoms with van der Waals surface area (Å²) in [5.41, 5.74) is -1.68. The molecule has 4 aliphatic rings. The van der Waals surface area contributed by atoms with Gasteiger partial charge in [-0.3, -0.25) is 4.79 Å². The smallest absolute Gasteiger partial charge is 0.392 e. The standard InChI is InChI=1S/C22H35N3O6S2/c1-4-32-12-9-23-19(27)30-18-14-21(31-24-18)7-10-25(11-8-21)33(28,29)15-22-6-5-16(13-17(22)26)20(22,2)3/h16H,4-15H2,1-3H3,(H,23,27). The van der Waals surface area contributed by atoms with Gasteiger partial charge in [0.25, 0.3) is 0 Å². The Morgan fingerprint density at radius 3 is 2.64 bits per heavy atom. The number of piperidine rings is 1. The van der Waals surface area contributed by atoms with Crippen LogP contribution in [0.1, 0.15) is 59.3 Å². The Labute approximate surface area is 200 Å². The number of sulfonamides is 1. The molecule has 0 aromatic carbocycles. The molecule has 2 atom stereocenters. The number of nitrogens with zero attached hydrogens (tertiary/aromatic N) is 2. The Bertz CT molecular complexity index is 926. The molecule has 1 N–H and O–H groups in total. The summed E-state index contributed by atoms with van der Waals surface area (Å²) in [4.78, 5) is 30.4. The number of Topliss-reactive ketones (excluding diaryl/α,β-unsaturated/α-hetero) is 1. The van der Waals surface area contributed by atoms with Crippen molar-refractivity contribution < 1.29 is 27.6 Å². The second kappa shape index (κ2) is 9.03. The average Bonchev–Trinajstić information content (AvgIpc) is 3.30. The fourth-order valence-electron chi connectivity index (χ4n) is 6.01. The topological polar surface area (TPSA) is 114 Å². The van der Waals surface area contributed by atoms with Crippen LogP contribution in [0.3, 0.4) is 0 Å². The molecule has 3 fully saturated rings. The highest BCUT2D eigenvalue weighted by Crippen LogP contribution is 2.64. The molecule has 33 heavy (non-hydrogen) atoms. The minimum absolute atomic E-state index is 0.0997. The number of thioether (sulfide) groups is 1. The number of rotatable bonds is 7. The first-order valence-corrected chi connectivity index (χ1v) is 14.6. The van der Waals surface area contributed by atoms with Crippen LogP contribution in [0.2, 0.25) is 0 Å². The molecule has 186 valence electrons. The molecule has 2 saturated carbocycles. The summed E-state index contributed by atoms with van der Waals surface area (Å²) in [5, 5.41) is 6.63. The van der Waals surface area contributed by atoms with E-state index in [2.05, 4.69) is 31.2 Å². The van der Waals surface area contributed by atoms with Crippen molar-refractivity contribution in [1.82, 2.24) is 9.62 Å². The van der Waals surface area contributed by atoms with Crippen molar-refractivity contribution in [3.63, 3.8) is 0 Å². The summed E-state index contributed by atoms with van der Waals surface area (Å²) in [6, 6.07) is 0. The van der Waals surface area contributed by atoms with E-state index in [4.69, 9.17) is 9.57 Å². The van der Waals surface area contributed by atoms with Gasteiger partial charge >= 0.3 is 6.09 Å². The van der Waals surface area contributed by atoms with Gasteiger partial charge in [-0.1, -0.05) is 25.9 Å². The Kier molecular flexibility index (Phi) is 6.78. The summed E-state index contributed by atoms with van der Waals surface area (Å²) in [5.74, 6) is 2.32. The van der Waals surface area contributed by atoms with Gasteiger partial charge in [-0.15, -0.1) is 0 Å². The average molecular weight is 502 g/mol. The van der Waals surface area contributed by atoms with Crippen molar-refractivity contribution in [2.45, 2.75) is 64.9 Å². The molecule has 11 heteroatoms. The molecule has 9 nitrogen and oxygen atoms in total. The van der Waals surface area contributed by atoms with Crippen LogP contribution in [0.4, 0.5) is 4.79 Å². The predicted molar refractivity (Wildman–Crippen MR) is 127 cm³/mol. The van der Waals surface area contributed by atoms with Crippen LogP contribution in [-0.4, -0.2) is 73.0 Å². The third kappa shape index (κ3) is 4.52. The van der Waals surface area contributed by atoms with Crippen LogP contribution in [-0.2, 0) is 24.4 Å². The minimum atomic E-state index is -3.59. The molecular weight excluding hydrogens is 466 g/mol. The van der Waals surface area contributed by atoms with Gasteiger partial charge in [0.15, 0.2) is 0 Å². The van der Waals surface area contributed by atoms with E-state index in [0.717, 1.165) is 17.9 Å². The van der Waals surface area contributed by atoms with Crippen LogP contribution < -0.4 is 5.32 Å². The zero-order chi connectivity index (χ0) is 23.9. The van der Waals surface area contributed by atoms with Gasteiger partial charge in [-0.05, 0) is 29.9 Å². The molecule has 1 amide bonds. The SMILES string of the molecule is CCSCCNC(=O)OC1=NOC2(CCN(S(=O)(=O)CC34CCC(CC3=O)C4(C)C)CC2)C1. The van der Waals surface area contributed by atoms with Crippen molar-refractivity contribution in [3.8, 4) is 0 Å². The van der Waals surface area contributed by atoms with E-state index in [9.17, 15) is 18.0 Å². The lowest BCUT2D eigenvalue weighted by atomic mass is 9.70. The fourth-order valence-corrected chi connectivity index (χ4v) is 8.76. The number of amides is 1. The zero-order valence-electron chi connectivity index (χ0n) is 19.7. The Hall–Kier alpha value is -1.33. The molecular formula is C22H35N3O6S2. The maximum absolute atomic E-state index is 13.3. The highest BCUT2D eigenvalue weighted by Gasteiger charge is 2.65. The van der Waals surface area contributed by atoms with Crippen molar-refractivity contribution >= 4 is 39.6 Å². The van der Waals surface area contributed by atoms with Crippen LogP contribution in [0.25, 0.3) is 0 Å². The van der Waals surface area contributed by atoms with E-state index in [-0.39, 0.29) is 28.8 Å². The van der Waals surface area contributed by atoms with Crippen molar-refractivity contribution in [1.29, 1.82) is 0 Å². The second-order valence-electron chi connectivity index (χ2n) is 10.3. The van der Waals surface area contributed by atoms with Crippen LogP contribution >= 0.6 is 11.8 Å². The first-order chi connectivity index (χ1) is 15.5. The molecule has 2 unspecified atom stereocenters. The number of nitrogens with one attached hydrogen (secondary N) is 1. The van der Waals surface area contributed by atoms with Gasteiger partial charge in [0.05, 0.1) is 12.2 Å². The number of hydrogen-bond acceptors (Lipinski definition) is 8. The molecule has 4 rings (SSSR count). The summed E-state index contributed by atoms with van der Waals surface area (Å²) in [6.07, 6.45) is 2.81. The van der Waals surface area contributed by atoms with Crippen LogP contribution in [0.5, 0.6) is 0 Å². The van der Waals surface area contributed by atoms with E-state index in [0.29, 0.717) is 51.7 Å². The lowest BCUT2D eigenvalue weighted by Crippen LogP contribution is -2.51. The van der Waals surface area contributed by atoms with Gasteiger partial charge in [0.1, 0.15) is 11.4 Å². The van der Waals surface area contributed by atoms with E-state index < -0.39 is 27.1 Å². The maximum Gasteiger partial charge on any atom is 0.413 e. The molecule has 1 saturated heterocycles. The molecule has 2 aliphatic carbocycles. The maximum atomic E-state index is 13.3. The van der Waals surface area contributed by atoms with E-state index >= 15 is 0 Å². The van der Waals surface area contributed by atoms with E-state index in [1.54, 1.807) is 11.8 Å². The van der Waals surface area contributed by atoms with Gasteiger partial charge in [0, 0.05) is 50.1 Å². The Morgan fingerprint density at radius 1 is 1.30 bits per heavy atom. The molecule has 2 aliphatic heterocycles. The molecule has 2 heterocycles. The van der Waals surface area contributed by atoms with E-state index in [1.807, 2.05) is 0 Å². The van der Waals surface area contributed by atoms with Gasteiger partial charge in [-0.2, -0.15) is 11.8 Å². The lowest BCUT2D eigenvalue weighted by Gasteiger charge is -2.40. The highest BCUT2D eigenvalue weighted by molar-refractivity contribution is 7.99. The molecule has 0 radical (unpaired) electrons. The van der Waals surface area contributed by atoms with Crippen LogP contribution in [0.15, 0.2) is 5.16 Å². The van der Waals surface area contributed by atoms with Crippen molar-refractivity contribution in [2.75, 3.05) is 36.9 Å². The molecule has 2 bridgehead atoms. The third-order valence-electron chi connectivity index (χ3n) is 8.34. The number of carbonyl (C=O) groups excluding carboxylic acids is 2. The largest absolute Gasteiger partial charge is 0.413 e. The van der Waals surface area contributed by atoms with Gasteiger partial charge < -0.3 is 14.9 Å². The molecule has 0 aromatic rings. The summed E-state index contributed by atoms with van der Waals surface area (Å²) >= 11 is 1.73. The zero-order valence-corrected chi connectivity index (χ0v) is 21.4. The van der Waals surface area contributed by atoms with Gasteiger partial charge in [-0.25, -0.2) is 17.5 Å². The molecule has 0 aromatic heterocycles. The number of ether oxygens (including phenoxy) is 1. The number of carbonyl (C=O) groups is 2. The predicted octanol–water partition coefficient (Wildman–Crippen LogP) is 2.76. The second-order valence-corrected chi connectivity index (χ2v) is 13.6.